The highest BCUT2D eigenvalue weighted by Gasteiger charge is 2.27. The number of nitro benzene ring substituents is 1. The quantitative estimate of drug-likeness (QED) is 0.417. The Morgan fingerprint density at radius 2 is 1.74 bits per heavy atom. The molecule has 0 saturated carbocycles. The summed E-state index contributed by atoms with van der Waals surface area (Å²) >= 11 is 1.43. The van der Waals surface area contributed by atoms with Crippen LogP contribution in [0.4, 0.5) is 16.4 Å². The summed E-state index contributed by atoms with van der Waals surface area (Å²) in [5.74, 6) is -0.651. The van der Waals surface area contributed by atoms with Crippen molar-refractivity contribution in [2.24, 2.45) is 0 Å². The second-order valence-corrected chi connectivity index (χ2v) is 8.60. The van der Waals surface area contributed by atoms with Gasteiger partial charge in [-0.15, -0.1) is 11.3 Å². The minimum atomic E-state index is -0.511. The Kier molecular flexibility index (Phi) is 5.81. The number of hydrogen-bond donors (Lipinski definition) is 2. The molecule has 1 aliphatic carbocycles. The molecule has 0 radical (unpaired) electrons. The zero-order chi connectivity index (χ0) is 22.0. The first kappa shape index (κ1) is 20.7. The minimum absolute atomic E-state index is 0.0821. The smallest absolute Gasteiger partial charge is 0.269 e. The lowest BCUT2D eigenvalue weighted by Gasteiger charge is -2.13. The van der Waals surface area contributed by atoms with Crippen molar-refractivity contribution in [2.75, 3.05) is 10.6 Å². The van der Waals surface area contributed by atoms with E-state index in [0.29, 0.717) is 21.8 Å². The molecule has 1 aromatic heterocycles. The van der Waals surface area contributed by atoms with Gasteiger partial charge >= 0.3 is 0 Å². The second kappa shape index (κ2) is 8.69. The normalized spacial score (nSPS) is 12.7. The van der Waals surface area contributed by atoms with Crippen LogP contribution < -0.4 is 10.6 Å². The first-order valence-electron chi connectivity index (χ1n) is 10.0. The van der Waals surface area contributed by atoms with Gasteiger partial charge in [-0.1, -0.05) is 12.1 Å². The van der Waals surface area contributed by atoms with Crippen molar-refractivity contribution in [2.45, 2.75) is 32.6 Å². The van der Waals surface area contributed by atoms with Gasteiger partial charge in [0.05, 0.1) is 10.5 Å². The van der Waals surface area contributed by atoms with E-state index < -0.39 is 10.8 Å². The van der Waals surface area contributed by atoms with Crippen molar-refractivity contribution < 1.29 is 14.5 Å². The van der Waals surface area contributed by atoms with Gasteiger partial charge in [0, 0.05) is 28.3 Å². The van der Waals surface area contributed by atoms with Gasteiger partial charge in [0.25, 0.3) is 17.5 Å². The fourth-order valence-corrected chi connectivity index (χ4v) is 5.00. The van der Waals surface area contributed by atoms with Gasteiger partial charge in [-0.25, -0.2) is 0 Å². The van der Waals surface area contributed by atoms with Crippen molar-refractivity contribution >= 4 is 39.5 Å². The summed E-state index contributed by atoms with van der Waals surface area (Å²) < 4.78 is 0. The molecule has 2 aromatic carbocycles. The van der Waals surface area contributed by atoms with E-state index in [-0.39, 0.29) is 11.6 Å². The lowest BCUT2D eigenvalue weighted by Crippen LogP contribution is -2.18. The highest BCUT2D eigenvalue weighted by Crippen LogP contribution is 2.38. The van der Waals surface area contributed by atoms with Crippen LogP contribution in [-0.2, 0) is 12.8 Å². The van der Waals surface area contributed by atoms with Gasteiger partial charge in [-0.3, -0.25) is 19.7 Å². The third-order valence-corrected chi connectivity index (χ3v) is 6.45. The number of non-ortho nitro benzene ring substituents is 1. The molecule has 0 bridgehead atoms. The third kappa shape index (κ3) is 4.49. The number of nitrogens with zero attached hydrogens (tertiary/aromatic N) is 1. The van der Waals surface area contributed by atoms with Gasteiger partial charge in [-0.2, -0.15) is 0 Å². The maximum atomic E-state index is 13.2. The van der Waals surface area contributed by atoms with Gasteiger partial charge in [0.2, 0.25) is 0 Å². The van der Waals surface area contributed by atoms with E-state index in [2.05, 4.69) is 10.6 Å². The number of fused-ring (bicyclic) bond motifs is 1. The largest absolute Gasteiger partial charge is 0.322 e. The van der Waals surface area contributed by atoms with Crippen molar-refractivity contribution in [3.63, 3.8) is 0 Å². The number of rotatable bonds is 5. The summed E-state index contributed by atoms with van der Waals surface area (Å²) in [4.78, 5) is 37.4. The van der Waals surface area contributed by atoms with Crippen LogP contribution in [0.1, 0.15) is 49.6 Å². The predicted octanol–water partition coefficient (Wildman–Crippen LogP) is 5.35. The van der Waals surface area contributed by atoms with Crippen molar-refractivity contribution in [1.82, 2.24) is 0 Å². The molecule has 3 aromatic rings. The Morgan fingerprint density at radius 1 is 1.00 bits per heavy atom. The van der Waals surface area contributed by atoms with Gasteiger partial charge in [0.15, 0.2) is 0 Å². The van der Waals surface area contributed by atoms with Crippen molar-refractivity contribution in [3.05, 3.63) is 85.8 Å². The van der Waals surface area contributed by atoms with Crippen LogP contribution in [0.25, 0.3) is 0 Å². The number of nitrogens with one attached hydrogen (secondary N) is 2. The average molecular weight is 436 g/mol. The molecule has 0 saturated heterocycles. The average Bonchev–Trinajstić information content (AvgIpc) is 3.11. The molecule has 2 N–H and O–H groups in total. The van der Waals surface area contributed by atoms with Crippen LogP contribution >= 0.6 is 11.3 Å². The number of anilines is 2. The van der Waals surface area contributed by atoms with E-state index in [1.165, 1.54) is 35.6 Å². The molecule has 0 atom stereocenters. The molecule has 8 heteroatoms. The standard InChI is InChI=1S/C23H21N3O4S/c1-14-5-4-6-16(13-14)24-22(28)20-18-7-2-3-8-19(18)31-23(20)25-21(27)15-9-11-17(12-10-15)26(29)30/h4-6,9-13H,2-3,7-8H2,1H3,(H,24,28)(H,25,27). The van der Waals surface area contributed by atoms with E-state index in [9.17, 15) is 19.7 Å². The van der Waals surface area contributed by atoms with Crippen LogP contribution in [0, 0.1) is 17.0 Å². The fraction of sp³-hybridized carbons (Fsp3) is 0.217. The summed E-state index contributed by atoms with van der Waals surface area (Å²) in [6.45, 7) is 1.96. The summed E-state index contributed by atoms with van der Waals surface area (Å²) in [6.07, 6.45) is 3.75. The second-order valence-electron chi connectivity index (χ2n) is 7.50. The molecule has 0 fully saturated rings. The van der Waals surface area contributed by atoms with E-state index in [4.69, 9.17) is 0 Å². The Hall–Kier alpha value is -3.52. The molecule has 158 valence electrons. The van der Waals surface area contributed by atoms with Crippen molar-refractivity contribution in [1.29, 1.82) is 0 Å². The molecule has 0 unspecified atom stereocenters. The van der Waals surface area contributed by atoms with Crippen LogP contribution in [0.15, 0.2) is 48.5 Å². The Labute approximate surface area is 183 Å². The maximum Gasteiger partial charge on any atom is 0.269 e. The number of nitro groups is 1. The van der Waals surface area contributed by atoms with Crippen LogP contribution in [0.5, 0.6) is 0 Å². The molecular formula is C23H21N3O4S. The summed E-state index contributed by atoms with van der Waals surface area (Å²) in [6, 6.07) is 13.0. The third-order valence-electron chi connectivity index (χ3n) is 5.24. The van der Waals surface area contributed by atoms with E-state index in [1.54, 1.807) is 0 Å². The Balaban J connectivity index is 1.62. The molecule has 4 rings (SSSR count). The monoisotopic (exact) mass is 435 g/mol. The number of hydrogen-bond acceptors (Lipinski definition) is 5. The van der Waals surface area contributed by atoms with Gasteiger partial charge in [0.1, 0.15) is 5.00 Å². The summed E-state index contributed by atoms with van der Waals surface area (Å²) in [5.41, 5.74) is 3.46. The molecule has 31 heavy (non-hydrogen) atoms. The van der Waals surface area contributed by atoms with E-state index >= 15 is 0 Å². The number of thiophene rings is 1. The predicted molar refractivity (Wildman–Crippen MR) is 121 cm³/mol. The number of aryl methyl sites for hydroxylation is 2. The zero-order valence-corrected chi connectivity index (χ0v) is 17.8. The maximum absolute atomic E-state index is 13.2. The highest BCUT2D eigenvalue weighted by atomic mass is 32.1. The minimum Gasteiger partial charge on any atom is -0.322 e. The Morgan fingerprint density at radius 3 is 2.45 bits per heavy atom. The van der Waals surface area contributed by atoms with E-state index in [0.717, 1.165) is 41.7 Å². The molecular weight excluding hydrogens is 414 g/mol. The first-order chi connectivity index (χ1) is 14.9. The molecule has 1 heterocycles. The van der Waals surface area contributed by atoms with E-state index in [1.807, 2.05) is 31.2 Å². The first-order valence-corrected chi connectivity index (χ1v) is 10.8. The van der Waals surface area contributed by atoms with Crippen LogP contribution in [0.2, 0.25) is 0 Å². The lowest BCUT2D eigenvalue weighted by atomic mass is 9.95. The van der Waals surface area contributed by atoms with Crippen LogP contribution in [-0.4, -0.2) is 16.7 Å². The fourth-order valence-electron chi connectivity index (χ4n) is 3.72. The van der Waals surface area contributed by atoms with Crippen LogP contribution in [0.3, 0.4) is 0 Å². The molecule has 0 aliphatic heterocycles. The molecule has 1 aliphatic rings. The molecule has 2 amide bonds. The van der Waals surface area contributed by atoms with Gasteiger partial charge in [-0.05, 0) is 68.0 Å². The number of amides is 2. The van der Waals surface area contributed by atoms with Crippen molar-refractivity contribution in [3.8, 4) is 0 Å². The summed E-state index contributed by atoms with van der Waals surface area (Å²) in [7, 11) is 0. The molecule has 7 nitrogen and oxygen atoms in total. The highest BCUT2D eigenvalue weighted by molar-refractivity contribution is 7.17. The molecule has 0 spiro atoms. The summed E-state index contributed by atoms with van der Waals surface area (Å²) in [5, 5.41) is 17.2. The Bertz CT molecular complexity index is 1170. The lowest BCUT2D eigenvalue weighted by molar-refractivity contribution is -0.384. The SMILES string of the molecule is Cc1cccc(NC(=O)c2c(NC(=O)c3ccc([N+](=O)[O-])cc3)sc3c2CCCC3)c1. The topological polar surface area (TPSA) is 101 Å². The number of carbonyl (C=O) groups is 2. The van der Waals surface area contributed by atoms with Gasteiger partial charge < -0.3 is 10.6 Å². The zero-order valence-electron chi connectivity index (χ0n) is 16.9. The number of benzene rings is 2. The number of carbonyl (C=O) groups excluding carboxylic acids is 2.